The van der Waals surface area contributed by atoms with Crippen molar-refractivity contribution in [1.82, 2.24) is 10.2 Å². The highest BCUT2D eigenvalue weighted by Gasteiger charge is 2.41. The van der Waals surface area contributed by atoms with Gasteiger partial charge in [-0.15, -0.1) is 0 Å². The maximum absolute atomic E-state index is 13.0. The summed E-state index contributed by atoms with van der Waals surface area (Å²) in [5.74, 6) is 0.282. The summed E-state index contributed by atoms with van der Waals surface area (Å²) in [5.41, 5.74) is 2.15. The molecular formula is C18H28N2O. The summed E-state index contributed by atoms with van der Waals surface area (Å²) >= 11 is 0. The summed E-state index contributed by atoms with van der Waals surface area (Å²) in [4.78, 5) is 15.1. The van der Waals surface area contributed by atoms with Crippen molar-refractivity contribution in [3.05, 3.63) is 35.4 Å². The zero-order chi connectivity index (χ0) is 15.3. The van der Waals surface area contributed by atoms with Crippen molar-refractivity contribution in [2.24, 2.45) is 0 Å². The van der Waals surface area contributed by atoms with E-state index in [0.29, 0.717) is 0 Å². The molecule has 0 spiro atoms. The average molecular weight is 288 g/mol. The van der Waals surface area contributed by atoms with E-state index in [4.69, 9.17) is 0 Å². The number of aryl methyl sites for hydroxylation is 1. The largest absolute Gasteiger partial charge is 0.337 e. The summed E-state index contributed by atoms with van der Waals surface area (Å²) in [6.45, 7) is 8.85. The Labute approximate surface area is 128 Å². The second kappa shape index (κ2) is 7.08. The van der Waals surface area contributed by atoms with Gasteiger partial charge in [-0.05, 0) is 44.7 Å². The van der Waals surface area contributed by atoms with Crippen LogP contribution in [0, 0.1) is 6.92 Å². The predicted octanol–water partition coefficient (Wildman–Crippen LogP) is 3.27. The summed E-state index contributed by atoms with van der Waals surface area (Å²) in [6, 6.07) is 8.50. The summed E-state index contributed by atoms with van der Waals surface area (Å²) in [5, 5.41) is 3.46. The zero-order valence-electron chi connectivity index (χ0n) is 13.6. The molecule has 1 heterocycles. The lowest BCUT2D eigenvalue weighted by molar-refractivity contribution is -0.138. The molecule has 1 unspecified atom stereocenters. The molecule has 1 N–H and O–H groups in total. The first-order chi connectivity index (χ1) is 10.1. The van der Waals surface area contributed by atoms with E-state index in [1.54, 1.807) is 0 Å². The van der Waals surface area contributed by atoms with Crippen LogP contribution in [-0.4, -0.2) is 29.4 Å². The molecule has 0 aromatic heterocycles. The van der Waals surface area contributed by atoms with Crippen molar-refractivity contribution in [3.63, 3.8) is 0 Å². The first-order valence-electron chi connectivity index (χ1n) is 8.21. The molecule has 1 aromatic carbocycles. The van der Waals surface area contributed by atoms with Gasteiger partial charge in [0.2, 0.25) is 5.91 Å². The first kappa shape index (κ1) is 16.0. The number of amides is 1. The van der Waals surface area contributed by atoms with Gasteiger partial charge in [-0.2, -0.15) is 0 Å². The van der Waals surface area contributed by atoms with Crippen LogP contribution in [0.2, 0.25) is 0 Å². The minimum atomic E-state index is -0.320. The Morgan fingerprint density at radius 3 is 2.52 bits per heavy atom. The molecule has 1 aliphatic heterocycles. The van der Waals surface area contributed by atoms with Gasteiger partial charge in [-0.25, -0.2) is 0 Å². The molecule has 0 aliphatic carbocycles. The molecule has 1 fully saturated rings. The first-order valence-corrected chi connectivity index (χ1v) is 8.21. The van der Waals surface area contributed by atoms with Gasteiger partial charge in [-0.3, -0.25) is 4.79 Å². The van der Waals surface area contributed by atoms with Crippen LogP contribution in [-0.2, 0) is 11.3 Å². The molecule has 0 bridgehead atoms. The van der Waals surface area contributed by atoms with Crippen molar-refractivity contribution in [2.45, 2.75) is 58.5 Å². The SMILES string of the molecule is CCCN(Cc1ccc(C)cc1)C(=O)C1(CC)CCCN1. The lowest BCUT2D eigenvalue weighted by atomic mass is 9.92. The zero-order valence-corrected chi connectivity index (χ0v) is 13.6. The van der Waals surface area contributed by atoms with E-state index >= 15 is 0 Å². The molecule has 21 heavy (non-hydrogen) atoms. The molecule has 3 heteroatoms. The van der Waals surface area contributed by atoms with Gasteiger partial charge in [0.25, 0.3) is 0 Å². The van der Waals surface area contributed by atoms with E-state index in [1.165, 1.54) is 11.1 Å². The van der Waals surface area contributed by atoms with Crippen molar-refractivity contribution in [3.8, 4) is 0 Å². The monoisotopic (exact) mass is 288 g/mol. The summed E-state index contributed by atoms with van der Waals surface area (Å²) in [7, 11) is 0. The van der Waals surface area contributed by atoms with Gasteiger partial charge in [0.15, 0.2) is 0 Å². The fourth-order valence-corrected chi connectivity index (χ4v) is 3.18. The molecule has 0 saturated carbocycles. The standard InChI is InChI=1S/C18H28N2O/c1-4-13-20(14-16-9-7-15(3)8-10-16)17(21)18(5-2)11-6-12-19-18/h7-10,19H,4-6,11-14H2,1-3H3. The number of hydrogen-bond acceptors (Lipinski definition) is 2. The third-order valence-electron chi connectivity index (χ3n) is 4.53. The van der Waals surface area contributed by atoms with Crippen LogP contribution in [0.3, 0.4) is 0 Å². The highest BCUT2D eigenvalue weighted by Crippen LogP contribution is 2.26. The lowest BCUT2D eigenvalue weighted by Crippen LogP contribution is -2.54. The Hall–Kier alpha value is -1.35. The molecule has 3 nitrogen and oxygen atoms in total. The highest BCUT2D eigenvalue weighted by atomic mass is 16.2. The third kappa shape index (κ3) is 3.65. The van der Waals surface area contributed by atoms with Gasteiger partial charge in [-0.1, -0.05) is 43.7 Å². The quantitative estimate of drug-likeness (QED) is 0.871. The Balaban J connectivity index is 2.13. The van der Waals surface area contributed by atoms with Gasteiger partial charge < -0.3 is 10.2 Å². The Kier molecular flexibility index (Phi) is 5.40. The second-order valence-electron chi connectivity index (χ2n) is 6.18. The van der Waals surface area contributed by atoms with Gasteiger partial charge >= 0.3 is 0 Å². The van der Waals surface area contributed by atoms with Crippen LogP contribution in [0.4, 0.5) is 0 Å². The number of benzene rings is 1. The number of carbonyl (C=O) groups excluding carboxylic acids is 1. The number of hydrogen-bond donors (Lipinski definition) is 1. The van der Waals surface area contributed by atoms with E-state index in [0.717, 1.165) is 45.3 Å². The topological polar surface area (TPSA) is 32.3 Å². The van der Waals surface area contributed by atoms with E-state index in [1.807, 2.05) is 4.90 Å². The molecule has 2 rings (SSSR count). The minimum Gasteiger partial charge on any atom is -0.337 e. The van der Waals surface area contributed by atoms with Crippen LogP contribution in [0.1, 0.15) is 50.7 Å². The van der Waals surface area contributed by atoms with Crippen molar-refractivity contribution in [2.75, 3.05) is 13.1 Å². The van der Waals surface area contributed by atoms with Crippen molar-refractivity contribution >= 4 is 5.91 Å². The van der Waals surface area contributed by atoms with Crippen molar-refractivity contribution in [1.29, 1.82) is 0 Å². The number of nitrogens with one attached hydrogen (secondary N) is 1. The number of rotatable bonds is 6. The molecule has 1 saturated heterocycles. The van der Waals surface area contributed by atoms with E-state index in [9.17, 15) is 4.79 Å². The molecular weight excluding hydrogens is 260 g/mol. The van der Waals surface area contributed by atoms with E-state index < -0.39 is 0 Å². The maximum Gasteiger partial charge on any atom is 0.243 e. The normalized spacial score (nSPS) is 21.5. The molecule has 1 aliphatic rings. The smallest absolute Gasteiger partial charge is 0.243 e. The van der Waals surface area contributed by atoms with E-state index in [2.05, 4.69) is 50.4 Å². The van der Waals surface area contributed by atoms with E-state index in [-0.39, 0.29) is 11.4 Å². The highest BCUT2D eigenvalue weighted by molar-refractivity contribution is 5.86. The summed E-state index contributed by atoms with van der Waals surface area (Å²) in [6.07, 6.45) is 3.94. The summed E-state index contributed by atoms with van der Waals surface area (Å²) < 4.78 is 0. The average Bonchev–Trinajstić information content (AvgIpc) is 2.98. The predicted molar refractivity (Wildman–Crippen MR) is 87.1 cm³/mol. The molecule has 1 amide bonds. The van der Waals surface area contributed by atoms with Crippen LogP contribution < -0.4 is 5.32 Å². The Morgan fingerprint density at radius 1 is 1.29 bits per heavy atom. The molecule has 116 valence electrons. The van der Waals surface area contributed by atoms with Crippen molar-refractivity contribution < 1.29 is 4.79 Å². The van der Waals surface area contributed by atoms with Gasteiger partial charge in [0, 0.05) is 13.1 Å². The molecule has 0 radical (unpaired) electrons. The maximum atomic E-state index is 13.0. The lowest BCUT2D eigenvalue weighted by Gasteiger charge is -2.34. The molecule has 1 atom stereocenters. The third-order valence-corrected chi connectivity index (χ3v) is 4.53. The number of carbonyl (C=O) groups is 1. The van der Waals surface area contributed by atoms with Gasteiger partial charge in [0.05, 0.1) is 5.54 Å². The van der Waals surface area contributed by atoms with Crippen LogP contribution in [0.15, 0.2) is 24.3 Å². The van der Waals surface area contributed by atoms with Crippen LogP contribution in [0.25, 0.3) is 0 Å². The van der Waals surface area contributed by atoms with Crippen LogP contribution in [0.5, 0.6) is 0 Å². The molecule has 1 aromatic rings. The number of nitrogens with zero attached hydrogens (tertiary/aromatic N) is 1. The fourth-order valence-electron chi connectivity index (χ4n) is 3.18. The van der Waals surface area contributed by atoms with Gasteiger partial charge in [0.1, 0.15) is 0 Å². The second-order valence-corrected chi connectivity index (χ2v) is 6.18. The Morgan fingerprint density at radius 2 is 2.00 bits per heavy atom. The fraction of sp³-hybridized carbons (Fsp3) is 0.611. The minimum absolute atomic E-state index is 0.282. The Bertz CT molecular complexity index is 461. The van der Waals surface area contributed by atoms with Crippen LogP contribution >= 0.6 is 0 Å².